The van der Waals surface area contributed by atoms with Gasteiger partial charge in [0.2, 0.25) is 0 Å². The Labute approximate surface area is 319 Å². The van der Waals surface area contributed by atoms with Crippen LogP contribution >= 0.6 is 11.8 Å². The molecule has 0 bridgehead atoms. The third-order valence-electron chi connectivity index (χ3n) is 11.9. The normalized spacial score (nSPS) is 40.4. The van der Waals surface area contributed by atoms with Crippen LogP contribution in [-0.4, -0.2) is 119 Å². The fraction of sp³-hybridized carbons (Fsp3) is 0.775. The van der Waals surface area contributed by atoms with E-state index in [1.54, 1.807) is 27.0 Å². The van der Waals surface area contributed by atoms with Gasteiger partial charge in [0, 0.05) is 48.7 Å². The number of likely N-dealkylation sites (N-methyl/N-ethyl adjacent to an activating group) is 1. The lowest BCUT2D eigenvalue weighted by molar-refractivity contribution is -0.295. The fourth-order valence-electron chi connectivity index (χ4n) is 8.76. The van der Waals surface area contributed by atoms with Crippen molar-refractivity contribution in [3.63, 3.8) is 0 Å². The second-order valence-electron chi connectivity index (χ2n) is 16.0. The topological polar surface area (TPSA) is 151 Å². The summed E-state index contributed by atoms with van der Waals surface area (Å²) in [4.78, 5) is 62.8. The van der Waals surface area contributed by atoms with Crippen LogP contribution in [0.2, 0.25) is 0 Å². The van der Waals surface area contributed by atoms with Crippen molar-refractivity contribution < 1.29 is 48.0 Å². The van der Waals surface area contributed by atoms with E-state index in [-0.39, 0.29) is 24.3 Å². The number of carbonyl (C=O) groups excluding carboxylic acids is 4. The van der Waals surface area contributed by atoms with Crippen molar-refractivity contribution in [2.75, 3.05) is 27.0 Å². The summed E-state index contributed by atoms with van der Waals surface area (Å²) in [5, 5.41) is 10.7. The minimum Gasteiger partial charge on any atom is -0.458 e. The molecule has 53 heavy (non-hydrogen) atoms. The molecule has 0 aromatic carbocycles. The van der Waals surface area contributed by atoms with Gasteiger partial charge in [-0.2, -0.15) is 0 Å². The third-order valence-corrected chi connectivity index (χ3v) is 13.3. The molecule has 4 heterocycles. The number of carbonyl (C=O) groups is 4. The van der Waals surface area contributed by atoms with Gasteiger partial charge in [-0.1, -0.05) is 33.8 Å². The minimum absolute atomic E-state index is 0.110. The molecule has 14 atom stereocenters. The molecule has 3 aliphatic rings. The molecule has 0 saturated carbocycles. The maximum atomic E-state index is 14.6. The molecular formula is C40H62N2O10S. The summed E-state index contributed by atoms with van der Waals surface area (Å²) < 4.78 is 31.2. The monoisotopic (exact) mass is 762 g/mol. The third kappa shape index (κ3) is 9.35. The van der Waals surface area contributed by atoms with E-state index in [2.05, 4.69) is 4.98 Å². The largest absolute Gasteiger partial charge is 0.458 e. The lowest BCUT2D eigenvalue weighted by Crippen LogP contribution is -2.59. The van der Waals surface area contributed by atoms with Crippen LogP contribution in [0.3, 0.4) is 0 Å². The number of Topliss-reactive ketones (excluding diaryl/α,β-unsaturated/α-hetero) is 2. The first-order valence-electron chi connectivity index (χ1n) is 19.1. The van der Waals surface area contributed by atoms with Gasteiger partial charge < -0.3 is 33.7 Å². The van der Waals surface area contributed by atoms with Crippen LogP contribution in [0.4, 0.5) is 0 Å². The van der Waals surface area contributed by atoms with Gasteiger partial charge in [-0.15, -0.1) is 11.8 Å². The quantitative estimate of drug-likeness (QED) is 0.200. The van der Waals surface area contributed by atoms with Crippen molar-refractivity contribution in [2.45, 2.75) is 141 Å². The van der Waals surface area contributed by atoms with Crippen molar-refractivity contribution in [2.24, 2.45) is 29.6 Å². The Hall–Kier alpha value is -2.42. The molecule has 3 aliphatic heterocycles. The summed E-state index contributed by atoms with van der Waals surface area (Å²) in [7, 11) is 5.25. The number of rotatable bonds is 10. The molecule has 3 fully saturated rings. The number of hydrogen-bond acceptors (Lipinski definition) is 13. The van der Waals surface area contributed by atoms with Crippen LogP contribution in [0.5, 0.6) is 0 Å². The molecular weight excluding hydrogens is 701 g/mol. The van der Waals surface area contributed by atoms with E-state index in [1.165, 1.54) is 25.8 Å². The van der Waals surface area contributed by atoms with Gasteiger partial charge in [-0.3, -0.25) is 24.2 Å². The Kier molecular flexibility index (Phi) is 14.7. The molecule has 13 heteroatoms. The molecule has 1 aromatic rings. The zero-order chi connectivity index (χ0) is 39.4. The maximum absolute atomic E-state index is 14.6. The Balaban J connectivity index is 1.71. The number of ether oxygens (including phenoxy) is 5. The number of methoxy groups -OCH3 is 1. The maximum Gasteiger partial charge on any atom is 0.320 e. The first-order valence-corrected chi connectivity index (χ1v) is 20.2. The zero-order valence-electron chi connectivity index (χ0n) is 33.4. The first-order chi connectivity index (χ1) is 24.9. The number of ketones is 2. The van der Waals surface area contributed by atoms with Crippen LogP contribution < -0.4 is 0 Å². The van der Waals surface area contributed by atoms with E-state index < -0.39 is 88.4 Å². The second-order valence-corrected chi connectivity index (χ2v) is 17.3. The van der Waals surface area contributed by atoms with Gasteiger partial charge in [0.05, 0.1) is 17.8 Å². The second kappa shape index (κ2) is 18.0. The molecule has 1 N–H and O–H groups in total. The molecule has 4 rings (SSSR count). The van der Waals surface area contributed by atoms with Gasteiger partial charge in [0.25, 0.3) is 0 Å². The minimum atomic E-state index is -1.32. The number of aliphatic hydroxyl groups is 1. The lowest BCUT2D eigenvalue weighted by atomic mass is 9.70. The highest BCUT2D eigenvalue weighted by atomic mass is 32.2. The van der Waals surface area contributed by atoms with E-state index in [9.17, 15) is 24.3 Å². The first kappa shape index (κ1) is 43.3. The number of aliphatic hydroxyl groups excluding tert-OH is 1. The summed E-state index contributed by atoms with van der Waals surface area (Å²) in [5.74, 6) is -5.18. The number of esters is 2. The van der Waals surface area contributed by atoms with Crippen molar-refractivity contribution in [1.29, 1.82) is 0 Å². The van der Waals surface area contributed by atoms with Gasteiger partial charge >= 0.3 is 11.9 Å². The number of hydrogen-bond donors (Lipinski definition) is 1. The number of fused-ring (bicyclic) bond motifs is 1. The van der Waals surface area contributed by atoms with Crippen LogP contribution in [0.15, 0.2) is 24.4 Å². The highest BCUT2D eigenvalue weighted by molar-refractivity contribution is 8.00. The van der Waals surface area contributed by atoms with E-state index in [4.69, 9.17) is 23.7 Å². The highest BCUT2D eigenvalue weighted by Gasteiger charge is 2.61. The van der Waals surface area contributed by atoms with Gasteiger partial charge in [0.1, 0.15) is 29.2 Å². The predicted molar refractivity (Wildman–Crippen MR) is 201 cm³/mol. The average molecular weight is 763 g/mol. The van der Waals surface area contributed by atoms with E-state index >= 15 is 0 Å². The van der Waals surface area contributed by atoms with Crippen LogP contribution in [0.25, 0.3) is 0 Å². The molecule has 0 aliphatic carbocycles. The van der Waals surface area contributed by atoms with E-state index in [0.717, 1.165) is 18.5 Å². The Bertz CT molecular complexity index is 1430. The number of nitrogens with zero attached hydrogens (tertiary/aromatic N) is 2. The van der Waals surface area contributed by atoms with E-state index in [1.807, 2.05) is 64.9 Å². The smallest absolute Gasteiger partial charge is 0.320 e. The fourth-order valence-corrected chi connectivity index (χ4v) is 10.2. The Morgan fingerprint density at radius 2 is 1.72 bits per heavy atom. The van der Waals surface area contributed by atoms with Crippen LogP contribution in [-0.2, 0) is 49.3 Å². The van der Waals surface area contributed by atoms with Crippen molar-refractivity contribution in [3.05, 3.63) is 30.1 Å². The number of aromatic nitrogens is 1. The summed E-state index contributed by atoms with van der Waals surface area (Å²) >= 11 is 1.45. The number of pyridine rings is 1. The van der Waals surface area contributed by atoms with Crippen LogP contribution in [0.1, 0.15) is 86.8 Å². The molecule has 0 spiro atoms. The summed E-state index contributed by atoms with van der Waals surface area (Å²) in [5.41, 5.74) is -1.61. The molecule has 0 radical (unpaired) electrons. The SMILES string of the molecule is CC[C@H]1OC(=O)[C@H](C)C(=O)[C@H](C)[C@@H](O[C@@H]2O[C@H](C)C[C@H](N(C)C)[C@H]2O)[C@](C)(OC)C[C@@H](C)C(=O)[C@H](C)[C@H]2[C@H](SCCCc3ccccn3)C(=O)O[C@@]21C. The predicted octanol–water partition coefficient (Wildman–Crippen LogP) is 4.67. The standard InChI is InChI=1S/C40H62N2O10S/c1-12-29-40(8)30(34(37(47)52-40)53-19-15-17-27-16-13-14-18-41-27)24(4)31(43)22(2)21-39(7,48-11)35(25(5)32(44)26(6)36(46)50-29)51-38-33(45)28(42(9)10)20-23(3)49-38/h13-14,16,18,22-26,28-30,33-35,38,45H,12,15,17,19-21H2,1-11H3/t22-,23-,24-,25+,26-,28+,29-,30+,33-,34+,35-,38+,39-,40-/m1/s1. The summed E-state index contributed by atoms with van der Waals surface area (Å²) in [6, 6.07) is 5.51. The molecule has 3 saturated heterocycles. The molecule has 0 amide bonds. The van der Waals surface area contributed by atoms with Gasteiger partial charge in [0.15, 0.2) is 17.7 Å². The van der Waals surface area contributed by atoms with Crippen molar-refractivity contribution in [1.82, 2.24) is 9.88 Å². The number of aryl methyl sites for hydroxylation is 1. The van der Waals surface area contributed by atoms with Gasteiger partial charge in [-0.05, 0) is 91.8 Å². The van der Waals surface area contributed by atoms with Gasteiger partial charge in [-0.25, -0.2) is 0 Å². The number of cyclic esters (lactones) is 1. The lowest BCUT2D eigenvalue weighted by Gasteiger charge is -2.47. The summed E-state index contributed by atoms with van der Waals surface area (Å²) in [6.45, 7) is 14.1. The highest BCUT2D eigenvalue weighted by Crippen LogP contribution is 2.49. The number of thioether (sulfide) groups is 1. The summed E-state index contributed by atoms with van der Waals surface area (Å²) in [6.07, 6.45) is -0.0450. The Morgan fingerprint density at radius 3 is 2.32 bits per heavy atom. The zero-order valence-corrected chi connectivity index (χ0v) is 34.2. The molecule has 12 nitrogen and oxygen atoms in total. The van der Waals surface area contributed by atoms with Crippen molar-refractivity contribution >= 4 is 35.3 Å². The van der Waals surface area contributed by atoms with E-state index in [0.29, 0.717) is 18.6 Å². The molecule has 1 aromatic heterocycles. The van der Waals surface area contributed by atoms with Crippen LogP contribution in [0, 0.1) is 29.6 Å². The average Bonchev–Trinajstić information content (AvgIpc) is 3.39. The molecule has 0 unspecified atom stereocenters. The Morgan fingerprint density at radius 1 is 1.02 bits per heavy atom. The molecule has 298 valence electrons. The van der Waals surface area contributed by atoms with Crippen molar-refractivity contribution in [3.8, 4) is 0 Å².